The number of aliphatic hydroxyl groups is 1. The van der Waals surface area contributed by atoms with Crippen LogP contribution < -0.4 is 4.90 Å². The minimum Gasteiger partial charge on any atom is -0.459 e. The van der Waals surface area contributed by atoms with Gasteiger partial charge in [-0.15, -0.1) is 11.3 Å². The molecule has 0 bridgehead atoms. The van der Waals surface area contributed by atoms with E-state index >= 15 is 0 Å². The predicted octanol–water partition coefficient (Wildman–Crippen LogP) is 3.25. The molecule has 5 rings (SSSR count). The lowest BCUT2D eigenvalue weighted by atomic mass is 9.77. The molecule has 1 amide bonds. The Kier molecular flexibility index (Phi) is 4.78. The van der Waals surface area contributed by atoms with Crippen molar-refractivity contribution in [2.45, 2.75) is 39.7 Å². The van der Waals surface area contributed by atoms with Crippen molar-refractivity contribution in [1.82, 2.24) is 14.9 Å². The highest BCUT2D eigenvalue weighted by Gasteiger charge is 2.32. The Balaban J connectivity index is 1.46. The molecular formula is C22H26N4O3S. The molecule has 0 radical (unpaired) electrons. The largest absolute Gasteiger partial charge is 0.459 e. The van der Waals surface area contributed by atoms with E-state index in [4.69, 9.17) is 9.40 Å². The minimum absolute atomic E-state index is 0.0707. The van der Waals surface area contributed by atoms with Gasteiger partial charge in [0.1, 0.15) is 17.3 Å². The summed E-state index contributed by atoms with van der Waals surface area (Å²) in [5, 5.41) is 10.9. The Morgan fingerprint density at radius 1 is 1.27 bits per heavy atom. The average molecular weight is 427 g/mol. The fourth-order valence-corrected chi connectivity index (χ4v) is 5.99. The average Bonchev–Trinajstić information content (AvgIpc) is 3.39. The number of nitrogens with zero attached hydrogens (tertiary/aromatic N) is 4. The van der Waals surface area contributed by atoms with Gasteiger partial charge < -0.3 is 19.3 Å². The van der Waals surface area contributed by atoms with Gasteiger partial charge in [-0.2, -0.15) is 0 Å². The molecule has 1 fully saturated rings. The third kappa shape index (κ3) is 3.37. The van der Waals surface area contributed by atoms with Crippen LogP contribution in [0, 0.1) is 5.41 Å². The Bertz CT molecular complexity index is 1080. The monoisotopic (exact) mass is 426 g/mol. The molecule has 1 N–H and O–H groups in total. The fraction of sp³-hybridized carbons (Fsp3) is 0.500. The normalized spacial score (nSPS) is 18.6. The Hall–Kier alpha value is -2.45. The first-order chi connectivity index (χ1) is 14.4. The number of amides is 1. The number of hydrogen-bond donors (Lipinski definition) is 1. The van der Waals surface area contributed by atoms with Crippen LogP contribution in [0.5, 0.6) is 0 Å². The maximum Gasteiger partial charge on any atom is 0.289 e. The van der Waals surface area contributed by atoms with Crippen molar-refractivity contribution in [1.29, 1.82) is 0 Å². The summed E-state index contributed by atoms with van der Waals surface area (Å²) in [5.41, 5.74) is 1.68. The Morgan fingerprint density at radius 3 is 2.77 bits per heavy atom. The molecule has 3 aromatic heterocycles. The SMILES string of the molecule is CC1(C)CCc2c(sc3nc(CO)nc(N4CCN(C(=O)c5ccco5)CC4)c23)C1. The van der Waals surface area contributed by atoms with Gasteiger partial charge in [0.2, 0.25) is 0 Å². The van der Waals surface area contributed by atoms with Crippen molar-refractivity contribution in [3.05, 3.63) is 40.4 Å². The summed E-state index contributed by atoms with van der Waals surface area (Å²) in [4.78, 5) is 28.4. The molecule has 3 aromatic rings. The molecule has 0 atom stereocenters. The van der Waals surface area contributed by atoms with Crippen LogP contribution >= 0.6 is 11.3 Å². The predicted molar refractivity (Wildman–Crippen MR) is 116 cm³/mol. The van der Waals surface area contributed by atoms with E-state index < -0.39 is 0 Å². The summed E-state index contributed by atoms with van der Waals surface area (Å²) in [6.07, 6.45) is 4.77. The van der Waals surface area contributed by atoms with E-state index in [1.165, 1.54) is 16.7 Å². The number of anilines is 1. The molecular weight excluding hydrogens is 400 g/mol. The maximum atomic E-state index is 12.6. The van der Waals surface area contributed by atoms with Gasteiger partial charge in [0.25, 0.3) is 5.91 Å². The number of fused-ring (bicyclic) bond motifs is 3. The number of rotatable bonds is 3. The number of aryl methyl sites for hydroxylation is 1. The molecule has 30 heavy (non-hydrogen) atoms. The van der Waals surface area contributed by atoms with Crippen molar-refractivity contribution in [2.75, 3.05) is 31.1 Å². The van der Waals surface area contributed by atoms with Gasteiger partial charge in [0.05, 0.1) is 11.6 Å². The third-order valence-corrected chi connectivity index (χ3v) is 7.32. The highest BCUT2D eigenvalue weighted by Crippen LogP contribution is 2.44. The molecule has 4 heterocycles. The lowest BCUT2D eigenvalue weighted by molar-refractivity contribution is 0.0714. The molecule has 7 nitrogen and oxygen atoms in total. The molecule has 8 heteroatoms. The van der Waals surface area contributed by atoms with Gasteiger partial charge in [0.15, 0.2) is 11.6 Å². The summed E-state index contributed by atoms with van der Waals surface area (Å²) in [6, 6.07) is 3.44. The highest BCUT2D eigenvalue weighted by atomic mass is 32.1. The molecule has 0 spiro atoms. The van der Waals surface area contributed by atoms with Gasteiger partial charge in [0, 0.05) is 31.1 Å². The fourth-order valence-electron chi connectivity index (χ4n) is 4.50. The second-order valence-corrected chi connectivity index (χ2v) is 9.99. The first-order valence-corrected chi connectivity index (χ1v) is 11.3. The van der Waals surface area contributed by atoms with E-state index in [2.05, 4.69) is 23.7 Å². The number of furan rings is 1. The molecule has 158 valence electrons. The van der Waals surface area contributed by atoms with E-state index in [9.17, 15) is 9.90 Å². The lowest BCUT2D eigenvalue weighted by Gasteiger charge is -2.35. The van der Waals surface area contributed by atoms with Crippen LogP contribution in [0.4, 0.5) is 5.82 Å². The standard InChI is InChI=1S/C22H26N4O3S/c1-22(2)6-5-14-16(12-22)30-20-18(14)19(23-17(13-27)24-20)25-7-9-26(10-8-25)21(28)15-4-3-11-29-15/h3-4,11,27H,5-10,12-13H2,1-2H3. The molecule has 2 aliphatic rings. The molecule has 0 unspecified atom stereocenters. The molecule has 1 aliphatic carbocycles. The summed E-state index contributed by atoms with van der Waals surface area (Å²) >= 11 is 1.75. The van der Waals surface area contributed by atoms with Crippen molar-refractivity contribution >= 4 is 33.3 Å². The van der Waals surface area contributed by atoms with Crippen LogP contribution in [0.25, 0.3) is 10.2 Å². The van der Waals surface area contributed by atoms with Crippen LogP contribution in [0.3, 0.4) is 0 Å². The van der Waals surface area contributed by atoms with E-state index in [-0.39, 0.29) is 12.5 Å². The summed E-state index contributed by atoms with van der Waals surface area (Å²) in [7, 11) is 0. The van der Waals surface area contributed by atoms with E-state index in [0.717, 1.165) is 35.3 Å². The van der Waals surface area contributed by atoms with Crippen LogP contribution in [-0.2, 0) is 19.4 Å². The zero-order valence-electron chi connectivity index (χ0n) is 17.3. The van der Waals surface area contributed by atoms with Gasteiger partial charge >= 0.3 is 0 Å². The van der Waals surface area contributed by atoms with E-state index in [1.54, 1.807) is 23.5 Å². The van der Waals surface area contributed by atoms with Crippen molar-refractivity contribution in [3.8, 4) is 0 Å². The second kappa shape index (κ2) is 7.35. The summed E-state index contributed by atoms with van der Waals surface area (Å²) < 4.78 is 5.26. The summed E-state index contributed by atoms with van der Waals surface area (Å²) in [5.74, 6) is 1.68. The minimum atomic E-state index is -0.173. The number of aromatic nitrogens is 2. The Morgan fingerprint density at radius 2 is 2.07 bits per heavy atom. The quantitative estimate of drug-likeness (QED) is 0.692. The molecule has 0 saturated carbocycles. The van der Waals surface area contributed by atoms with Crippen LogP contribution in [0.15, 0.2) is 22.8 Å². The van der Waals surface area contributed by atoms with Crippen molar-refractivity contribution in [2.24, 2.45) is 5.41 Å². The number of hydrogen-bond acceptors (Lipinski definition) is 7. The van der Waals surface area contributed by atoms with E-state index in [0.29, 0.717) is 43.2 Å². The number of aliphatic hydroxyl groups excluding tert-OH is 1. The van der Waals surface area contributed by atoms with Crippen molar-refractivity contribution in [3.63, 3.8) is 0 Å². The molecule has 0 aromatic carbocycles. The van der Waals surface area contributed by atoms with Crippen molar-refractivity contribution < 1.29 is 14.3 Å². The zero-order valence-corrected chi connectivity index (χ0v) is 18.2. The molecule has 1 aliphatic heterocycles. The third-order valence-electron chi connectivity index (χ3n) is 6.19. The van der Waals surface area contributed by atoms with Crippen LogP contribution in [0.2, 0.25) is 0 Å². The van der Waals surface area contributed by atoms with Crippen LogP contribution in [-0.4, -0.2) is 52.1 Å². The lowest BCUT2D eigenvalue weighted by Crippen LogP contribution is -2.49. The van der Waals surface area contributed by atoms with Gasteiger partial charge in [-0.3, -0.25) is 4.79 Å². The van der Waals surface area contributed by atoms with Crippen LogP contribution in [0.1, 0.15) is 47.1 Å². The second-order valence-electron chi connectivity index (χ2n) is 8.90. The zero-order chi connectivity index (χ0) is 20.9. The number of piperazine rings is 1. The van der Waals surface area contributed by atoms with Gasteiger partial charge in [-0.1, -0.05) is 13.8 Å². The smallest absolute Gasteiger partial charge is 0.289 e. The highest BCUT2D eigenvalue weighted by molar-refractivity contribution is 7.19. The first-order valence-electron chi connectivity index (χ1n) is 10.4. The Labute approximate surface area is 179 Å². The topological polar surface area (TPSA) is 82.7 Å². The first kappa shape index (κ1) is 19.5. The number of carbonyl (C=O) groups is 1. The summed E-state index contributed by atoms with van der Waals surface area (Å²) in [6.45, 7) is 7.08. The number of thiophene rings is 1. The van der Waals surface area contributed by atoms with E-state index in [1.807, 2.05) is 4.90 Å². The number of carbonyl (C=O) groups excluding carboxylic acids is 1. The maximum absolute atomic E-state index is 12.6. The van der Waals surface area contributed by atoms with Gasteiger partial charge in [-0.05, 0) is 42.4 Å². The molecule has 1 saturated heterocycles. The van der Waals surface area contributed by atoms with Gasteiger partial charge in [-0.25, -0.2) is 9.97 Å².